The Hall–Kier alpha value is -1.55. The maximum absolute atomic E-state index is 12.1. The number of rotatable bonds is 5. The van der Waals surface area contributed by atoms with Crippen LogP contribution in [0.3, 0.4) is 0 Å². The summed E-state index contributed by atoms with van der Waals surface area (Å²) >= 11 is 0. The van der Waals surface area contributed by atoms with Gasteiger partial charge >= 0.3 is 6.09 Å². The summed E-state index contributed by atoms with van der Waals surface area (Å²) in [6, 6.07) is 10.6. The Labute approximate surface area is 140 Å². The number of ether oxygens (including phenoxy) is 1. The lowest BCUT2D eigenvalue weighted by Gasteiger charge is -2.27. The zero-order valence-corrected chi connectivity index (χ0v) is 14.6. The molecule has 2 rings (SSSR count). The molecular weight excluding hydrogens is 288 g/mol. The molecule has 0 spiro atoms. The van der Waals surface area contributed by atoms with E-state index in [1.54, 1.807) is 0 Å². The number of carbonyl (C=O) groups is 1. The van der Waals surface area contributed by atoms with Crippen molar-refractivity contribution in [2.75, 3.05) is 6.54 Å². The highest BCUT2D eigenvalue weighted by molar-refractivity contribution is 5.68. The third-order valence-corrected chi connectivity index (χ3v) is 4.11. The Morgan fingerprint density at radius 2 is 1.83 bits per heavy atom. The lowest BCUT2D eigenvalue weighted by Crippen LogP contribution is -2.42. The molecule has 128 valence electrons. The van der Waals surface area contributed by atoms with Gasteiger partial charge in [0, 0.05) is 12.6 Å². The van der Waals surface area contributed by atoms with Crippen molar-refractivity contribution in [2.24, 2.45) is 0 Å². The molecule has 4 heteroatoms. The van der Waals surface area contributed by atoms with Gasteiger partial charge in [0.1, 0.15) is 5.60 Å². The average molecular weight is 318 g/mol. The molecule has 4 nitrogen and oxygen atoms in total. The van der Waals surface area contributed by atoms with E-state index < -0.39 is 5.60 Å². The van der Waals surface area contributed by atoms with Gasteiger partial charge in [0.15, 0.2) is 0 Å². The number of nitrogens with one attached hydrogen (secondary N) is 2. The van der Waals surface area contributed by atoms with Crippen molar-refractivity contribution in [2.45, 2.75) is 70.6 Å². The molecule has 1 aromatic rings. The van der Waals surface area contributed by atoms with Gasteiger partial charge in [0.05, 0.1) is 6.04 Å². The lowest BCUT2D eigenvalue weighted by molar-refractivity contribution is 0.0502. The molecule has 1 unspecified atom stereocenters. The molecule has 2 N–H and O–H groups in total. The highest BCUT2D eigenvalue weighted by Gasteiger charge is 2.21. The van der Waals surface area contributed by atoms with Crippen molar-refractivity contribution in [3.63, 3.8) is 0 Å². The van der Waals surface area contributed by atoms with E-state index in [-0.39, 0.29) is 12.1 Å². The Bertz CT molecular complexity index is 476. The van der Waals surface area contributed by atoms with E-state index in [2.05, 4.69) is 10.6 Å². The summed E-state index contributed by atoms with van der Waals surface area (Å²) in [5.74, 6) is 0. The van der Waals surface area contributed by atoms with Crippen molar-refractivity contribution < 1.29 is 9.53 Å². The van der Waals surface area contributed by atoms with E-state index in [1.807, 2.05) is 51.1 Å². The summed E-state index contributed by atoms with van der Waals surface area (Å²) in [6.45, 7) is 6.37. The van der Waals surface area contributed by atoms with Crippen molar-refractivity contribution in [3.05, 3.63) is 35.9 Å². The standard InChI is InChI=1S/C19H30N2O2/c1-19(2,3)23-18(22)21-17(15-10-6-4-7-11-15)14-20-16-12-8-5-9-13-16/h4,6-7,10-11,16-17,20H,5,8-9,12-14H2,1-3H3,(H,21,22). The van der Waals surface area contributed by atoms with Crippen molar-refractivity contribution in [1.29, 1.82) is 0 Å². The van der Waals surface area contributed by atoms with E-state index >= 15 is 0 Å². The Morgan fingerprint density at radius 3 is 2.43 bits per heavy atom. The maximum atomic E-state index is 12.1. The van der Waals surface area contributed by atoms with Gasteiger partial charge in [-0.1, -0.05) is 49.6 Å². The molecule has 0 aromatic heterocycles. The summed E-state index contributed by atoms with van der Waals surface area (Å²) in [6.07, 6.45) is 6.04. The predicted octanol–water partition coefficient (Wildman–Crippen LogP) is 4.17. The molecule has 1 aliphatic carbocycles. The fraction of sp³-hybridized carbons (Fsp3) is 0.632. The normalized spacial score (nSPS) is 17.5. The molecular formula is C19H30N2O2. The SMILES string of the molecule is CC(C)(C)OC(=O)NC(CNC1CCCCC1)c1ccccc1. The summed E-state index contributed by atoms with van der Waals surface area (Å²) in [5.41, 5.74) is 0.615. The molecule has 0 heterocycles. The third-order valence-electron chi connectivity index (χ3n) is 4.11. The van der Waals surface area contributed by atoms with Gasteiger partial charge < -0.3 is 15.4 Å². The second-order valence-corrected chi connectivity index (χ2v) is 7.35. The van der Waals surface area contributed by atoms with Gasteiger partial charge in [0.25, 0.3) is 0 Å². The predicted molar refractivity (Wildman–Crippen MR) is 93.4 cm³/mol. The van der Waals surface area contributed by atoms with E-state index in [0.717, 1.165) is 12.1 Å². The third kappa shape index (κ3) is 6.61. The van der Waals surface area contributed by atoms with Crippen molar-refractivity contribution in [3.8, 4) is 0 Å². The van der Waals surface area contributed by atoms with Crippen LogP contribution >= 0.6 is 0 Å². The van der Waals surface area contributed by atoms with Crippen LogP contribution < -0.4 is 10.6 Å². The number of benzene rings is 1. The zero-order chi connectivity index (χ0) is 16.7. The lowest BCUT2D eigenvalue weighted by atomic mass is 9.95. The minimum atomic E-state index is -0.484. The van der Waals surface area contributed by atoms with Crippen LogP contribution in [0.2, 0.25) is 0 Å². The Morgan fingerprint density at radius 1 is 1.17 bits per heavy atom. The Kier molecular flexibility index (Phi) is 6.46. The smallest absolute Gasteiger partial charge is 0.408 e. The molecule has 1 saturated carbocycles. The molecule has 0 aliphatic heterocycles. The molecule has 0 radical (unpaired) electrons. The van der Waals surface area contributed by atoms with E-state index in [0.29, 0.717) is 6.04 Å². The van der Waals surface area contributed by atoms with Crippen molar-refractivity contribution >= 4 is 6.09 Å². The largest absolute Gasteiger partial charge is 0.444 e. The maximum Gasteiger partial charge on any atom is 0.408 e. The zero-order valence-electron chi connectivity index (χ0n) is 14.6. The van der Waals surface area contributed by atoms with E-state index in [9.17, 15) is 4.79 Å². The number of amides is 1. The number of hydrogen-bond donors (Lipinski definition) is 2. The van der Waals surface area contributed by atoms with Crippen LogP contribution in [0.25, 0.3) is 0 Å². The summed E-state index contributed by atoms with van der Waals surface area (Å²) in [5, 5.41) is 6.62. The average Bonchev–Trinajstić information content (AvgIpc) is 2.51. The fourth-order valence-electron chi connectivity index (χ4n) is 2.98. The first kappa shape index (κ1) is 17.8. The highest BCUT2D eigenvalue weighted by Crippen LogP contribution is 2.19. The minimum absolute atomic E-state index is 0.0759. The highest BCUT2D eigenvalue weighted by atomic mass is 16.6. The van der Waals surface area contributed by atoms with Gasteiger partial charge in [0.2, 0.25) is 0 Å². The Balaban J connectivity index is 1.96. The quantitative estimate of drug-likeness (QED) is 0.856. The van der Waals surface area contributed by atoms with Crippen LogP contribution in [0.5, 0.6) is 0 Å². The first-order valence-corrected chi connectivity index (χ1v) is 8.72. The first-order valence-electron chi connectivity index (χ1n) is 8.72. The van der Waals surface area contributed by atoms with E-state index in [4.69, 9.17) is 4.74 Å². The minimum Gasteiger partial charge on any atom is -0.444 e. The molecule has 1 aromatic carbocycles. The van der Waals surface area contributed by atoms with Crippen LogP contribution in [0.4, 0.5) is 4.79 Å². The van der Waals surface area contributed by atoms with Crippen LogP contribution in [-0.4, -0.2) is 24.3 Å². The van der Waals surface area contributed by atoms with Gasteiger partial charge in [-0.25, -0.2) is 4.79 Å². The molecule has 1 fully saturated rings. The monoisotopic (exact) mass is 318 g/mol. The summed E-state index contributed by atoms with van der Waals surface area (Å²) < 4.78 is 5.40. The van der Waals surface area contributed by atoms with Crippen molar-refractivity contribution in [1.82, 2.24) is 10.6 Å². The number of alkyl carbamates (subject to hydrolysis) is 1. The summed E-state index contributed by atoms with van der Waals surface area (Å²) in [4.78, 5) is 12.1. The van der Waals surface area contributed by atoms with Crippen LogP contribution in [0.15, 0.2) is 30.3 Å². The molecule has 0 bridgehead atoms. The topological polar surface area (TPSA) is 50.4 Å². The van der Waals surface area contributed by atoms with Crippen LogP contribution in [0, 0.1) is 0 Å². The molecule has 1 atom stereocenters. The van der Waals surface area contributed by atoms with Crippen LogP contribution in [-0.2, 0) is 4.74 Å². The molecule has 1 amide bonds. The first-order chi connectivity index (χ1) is 10.9. The fourth-order valence-corrected chi connectivity index (χ4v) is 2.98. The van der Waals surface area contributed by atoms with Gasteiger partial charge in [-0.05, 0) is 39.2 Å². The van der Waals surface area contributed by atoms with Gasteiger partial charge in [-0.15, -0.1) is 0 Å². The molecule has 0 saturated heterocycles. The molecule has 1 aliphatic rings. The molecule has 23 heavy (non-hydrogen) atoms. The second-order valence-electron chi connectivity index (χ2n) is 7.35. The summed E-state index contributed by atoms with van der Waals surface area (Å²) in [7, 11) is 0. The second kappa shape index (κ2) is 8.34. The van der Waals surface area contributed by atoms with Gasteiger partial charge in [-0.2, -0.15) is 0 Å². The van der Waals surface area contributed by atoms with Gasteiger partial charge in [-0.3, -0.25) is 0 Å². The number of hydrogen-bond acceptors (Lipinski definition) is 3. The van der Waals surface area contributed by atoms with E-state index in [1.165, 1.54) is 32.1 Å². The number of carbonyl (C=O) groups excluding carboxylic acids is 1. The van der Waals surface area contributed by atoms with Crippen LogP contribution in [0.1, 0.15) is 64.5 Å².